The first kappa shape index (κ1) is 27.0. The minimum atomic E-state index is -4.08. The van der Waals surface area contributed by atoms with Crippen molar-refractivity contribution in [3.63, 3.8) is 0 Å². The van der Waals surface area contributed by atoms with Gasteiger partial charge in [-0.2, -0.15) is 8.42 Å². The zero-order chi connectivity index (χ0) is 16.9. The second kappa shape index (κ2) is 16.0. The Morgan fingerprint density at radius 3 is 1.70 bits per heavy atom. The van der Waals surface area contributed by atoms with Crippen molar-refractivity contribution < 1.29 is 47.8 Å². The van der Waals surface area contributed by atoms with Gasteiger partial charge in [-0.25, -0.2) is 8.37 Å². The van der Waals surface area contributed by atoms with Crippen LogP contribution in [0, 0.1) is 0 Å². The topological polar surface area (TPSA) is 52.6 Å². The van der Waals surface area contributed by atoms with E-state index in [2.05, 4.69) is 15.3 Å². The zero-order valence-corrected chi connectivity index (χ0v) is 19.2. The van der Waals surface area contributed by atoms with E-state index in [-0.39, 0.29) is 37.6 Å². The standard InChI is InChI=1S/C14H27Cl3O4S.Na.H/c1-2-3-4-5-6-7-8-9-10-11-12-20-22(18,19)21-13-14(15,16)17;;/h2-13H2,1H3;;/q;+1;-1. The molecule has 0 saturated heterocycles. The Morgan fingerprint density at radius 1 is 0.826 bits per heavy atom. The molecule has 0 N–H and O–H groups in total. The van der Waals surface area contributed by atoms with Gasteiger partial charge in [0.15, 0.2) is 0 Å². The van der Waals surface area contributed by atoms with Crippen LogP contribution in [0.25, 0.3) is 0 Å². The predicted octanol–water partition coefficient (Wildman–Crippen LogP) is 2.67. The van der Waals surface area contributed by atoms with E-state index in [1.165, 1.54) is 44.9 Å². The fourth-order valence-corrected chi connectivity index (χ4v) is 2.99. The molecule has 0 heterocycles. The van der Waals surface area contributed by atoms with Crippen LogP contribution in [-0.2, 0) is 18.8 Å². The third-order valence-electron chi connectivity index (χ3n) is 3.09. The van der Waals surface area contributed by atoms with Crippen LogP contribution in [-0.4, -0.2) is 25.4 Å². The molecule has 0 radical (unpaired) electrons. The summed E-state index contributed by atoms with van der Waals surface area (Å²) >= 11 is 16.2. The van der Waals surface area contributed by atoms with Gasteiger partial charge in [-0.1, -0.05) is 99.5 Å². The van der Waals surface area contributed by atoms with Crippen molar-refractivity contribution in [3.05, 3.63) is 0 Å². The van der Waals surface area contributed by atoms with Gasteiger partial charge in [-0.3, -0.25) is 0 Å². The first-order chi connectivity index (χ1) is 10.3. The quantitative estimate of drug-likeness (QED) is 0.246. The molecular weight excluding hydrogens is 394 g/mol. The Balaban J connectivity index is -0.00000220. The van der Waals surface area contributed by atoms with E-state index in [1.54, 1.807) is 0 Å². The van der Waals surface area contributed by atoms with Gasteiger partial charge in [0.1, 0.15) is 6.61 Å². The number of rotatable bonds is 14. The molecule has 0 aromatic carbocycles. The maximum Gasteiger partial charge on any atom is 1.00 e. The number of hydrogen-bond donors (Lipinski definition) is 0. The minimum Gasteiger partial charge on any atom is -1.00 e. The van der Waals surface area contributed by atoms with E-state index in [4.69, 9.17) is 34.8 Å². The van der Waals surface area contributed by atoms with Gasteiger partial charge in [0, 0.05) is 0 Å². The summed E-state index contributed by atoms with van der Waals surface area (Å²) < 4.78 is 30.0. The molecule has 0 aromatic heterocycles. The molecule has 0 aliphatic carbocycles. The van der Waals surface area contributed by atoms with Crippen molar-refractivity contribution in [1.82, 2.24) is 0 Å². The van der Waals surface area contributed by atoms with Crippen molar-refractivity contribution in [2.45, 2.75) is 74.9 Å². The number of unbranched alkanes of at least 4 members (excludes halogenated alkanes) is 9. The average Bonchev–Trinajstić information content (AvgIpc) is 2.42. The van der Waals surface area contributed by atoms with Gasteiger partial charge in [0.2, 0.25) is 3.79 Å². The molecular formula is C14H28Cl3NaO4S. The third-order valence-corrected chi connectivity index (χ3v) is 4.28. The van der Waals surface area contributed by atoms with Crippen molar-refractivity contribution >= 4 is 45.2 Å². The summed E-state index contributed by atoms with van der Waals surface area (Å²) in [5.74, 6) is 0. The van der Waals surface area contributed by atoms with E-state index in [0.717, 1.165) is 12.8 Å². The molecule has 0 aliphatic rings. The minimum absolute atomic E-state index is 0. The average molecular weight is 422 g/mol. The molecule has 136 valence electrons. The van der Waals surface area contributed by atoms with E-state index in [1.807, 2.05) is 0 Å². The van der Waals surface area contributed by atoms with Crippen LogP contribution in [0.1, 0.15) is 72.6 Å². The van der Waals surface area contributed by atoms with Gasteiger partial charge in [-0.05, 0) is 6.42 Å². The molecule has 0 bridgehead atoms. The van der Waals surface area contributed by atoms with Crippen LogP contribution in [0.3, 0.4) is 0 Å². The van der Waals surface area contributed by atoms with Gasteiger partial charge < -0.3 is 1.43 Å². The molecule has 0 rings (SSSR count). The van der Waals surface area contributed by atoms with Gasteiger partial charge in [0.25, 0.3) is 0 Å². The fraction of sp³-hybridized carbons (Fsp3) is 1.00. The van der Waals surface area contributed by atoms with Crippen LogP contribution in [0.5, 0.6) is 0 Å². The Labute approximate surface area is 180 Å². The maximum absolute atomic E-state index is 11.3. The fourth-order valence-electron chi connectivity index (χ4n) is 1.92. The SMILES string of the molecule is CCCCCCCCCCCCOS(=O)(=O)OCC(Cl)(Cl)Cl.[H-].[Na+]. The smallest absolute Gasteiger partial charge is 1.00 e. The Kier molecular flexibility index (Phi) is 18.7. The summed E-state index contributed by atoms with van der Waals surface area (Å²) in [5.41, 5.74) is 0. The maximum atomic E-state index is 11.3. The molecule has 0 unspecified atom stereocenters. The van der Waals surface area contributed by atoms with Gasteiger partial charge in [-0.15, -0.1) is 0 Å². The van der Waals surface area contributed by atoms with E-state index in [0.29, 0.717) is 6.42 Å². The summed E-state index contributed by atoms with van der Waals surface area (Å²) in [6, 6.07) is 0. The second-order valence-corrected chi connectivity index (χ2v) is 9.09. The molecule has 0 fully saturated rings. The molecule has 9 heteroatoms. The molecule has 0 amide bonds. The number of hydrogen-bond acceptors (Lipinski definition) is 4. The second-order valence-electron chi connectivity index (χ2n) is 5.29. The largest absolute Gasteiger partial charge is 1.00 e. The normalized spacial score (nSPS) is 12.2. The molecule has 23 heavy (non-hydrogen) atoms. The van der Waals surface area contributed by atoms with E-state index < -0.39 is 20.8 Å². The summed E-state index contributed by atoms with van der Waals surface area (Å²) in [6.07, 6.45) is 11.7. The zero-order valence-electron chi connectivity index (χ0n) is 15.2. The number of halogens is 3. The summed E-state index contributed by atoms with van der Waals surface area (Å²) in [5, 5.41) is 0. The summed E-state index contributed by atoms with van der Waals surface area (Å²) in [6.45, 7) is 1.75. The summed E-state index contributed by atoms with van der Waals surface area (Å²) in [7, 11) is -4.08. The Hall–Kier alpha value is 1.74. The molecule has 0 saturated carbocycles. The first-order valence-corrected chi connectivity index (χ1v) is 10.3. The van der Waals surface area contributed by atoms with Gasteiger partial charge >= 0.3 is 40.0 Å². The predicted molar refractivity (Wildman–Crippen MR) is 94.1 cm³/mol. The van der Waals surface area contributed by atoms with Crippen LogP contribution >= 0.6 is 34.8 Å². The van der Waals surface area contributed by atoms with E-state index in [9.17, 15) is 8.42 Å². The van der Waals surface area contributed by atoms with Crippen LogP contribution in [0.4, 0.5) is 0 Å². The molecule has 4 nitrogen and oxygen atoms in total. The number of alkyl halides is 3. The molecule has 0 atom stereocenters. The Morgan fingerprint density at radius 2 is 1.26 bits per heavy atom. The van der Waals surface area contributed by atoms with Crippen molar-refractivity contribution in [2.75, 3.05) is 13.2 Å². The van der Waals surface area contributed by atoms with E-state index >= 15 is 0 Å². The van der Waals surface area contributed by atoms with Crippen molar-refractivity contribution in [3.8, 4) is 0 Å². The van der Waals surface area contributed by atoms with Crippen LogP contribution < -0.4 is 29.6 Å². The molecule has 0 aliphatic heterocycles. The monoisotopic (exact) mass is 420 g/mol. The third kappa shape index (κ3) is 21.7. The molecule has 0 spiro atoms. The van der Waals surface area contributed by atoms with Crippen LogP contribution in [0.2, 0.25) is 0 Å². The van der Waals surface area contributed by atoms with Crippen LogP contribution in [0.15, 0.2) is 0 Å². The van der Waals surface area contributed by atoms with Crippen molar-refractivity contribution in [1.29, 1.82) is 0 Å². The molecule has 0 aromatic rings. The van der Waals surface area contributed by atoms with Gasteiger partial charge in [0.05, 0.1) is 6.61 Å². The Bertz CT molecular complexity index is 368. The first-order valence-electron chi connectivity index (χ1n) is 7.87. The summed E-state index contributed by atoms with van der Waals surface area (Å²) in [4.78, 5) is 0. The van der Waals surface area contributed by atoms with Crippen molar-refractivity contribution in [2.24, 2.45) is 0 Å².